The lowest BCUT2D eigenvalue weighted by Gasteiger charge is -2.04. The van der Waals surface area contributed by atoms with Gasteiger partial charge in [0.15, 0.2) is 0 Å². The van der Waals surface area contributed by atoms with E-state index in [9.17, 15) is 10.1 Å². The molecule has 1 aromatic rings. The molecule has 1 aromatic carbocycles. The summed E-state index contributed by atoms with van der Waals surface area (Å²) >= 11 is 3.23. The summed E-state index contributed by atoms with van der Waals surface area (Å²) in [6.45, 7) is 5.25. The Morgan fingerprint density at radius 2 is 2.24 bits per heavy atom. The first kappa shape index (κ1) is 13.9. The van der Waals surface area contributed by atoms with Crippen molar-refractivity contribution < 1.29 is 4.92 Å². The normalized spacial score (nSPS) is 10.1. The molecule has 5 heteroatoms. The Labute approximate surface area is 109 Å². The quantitative estimate of drug-likeness (QED) is 0.392. The maximum Gasteiger partial charge on any atom is 0.275 e. The van der Waals surface area contributed by atoms with E-state index in [-0.39, 0.29) is 10.6 Å². The summed E-state index contributed by atoms with van der Waals surface area (Å²) in [4.78, 5) is 10.5. The highest BCUT2D eigenvalue weighted by Gasteiger charge is 2.12. The van der Waals surface area contributed by atoms with Crippen LogP contribution in [0.4, 0.5) is 5.69 Å². The third-order valence-corrected chi connectivity index (χ3v) is 2.71. The summed E-state index contributed by atoms with van der Waals surface area (Å²) in [5, 5.41) is 14.0. The Morgan fingerprint density at radius 1 is 1.53 bits per heavy atom. The number of nitrogens with one attached hydrogen (secondary N) is 1. The first-order valence-corrected chi connectivity index (χ1v) is 6.07. The molecule has 0 saturated carbocycles. The van der Waals surface area contributed by atoms with Gasteiger partial charge in [-0.1, -0.05) is 27.6 Å². The number of nitrogens with zero attached hydrogens (tertiary/aromatic N) is 1. The molecular weight excluding hydrogens is 284 g/mol. The van der Waals surface area contributed by atoms with Crippen LogP contribution in [0.15, 0.2) is 34.3 Å². The van der Waals surface area contributed by atoms with Crippen LogP contribution in [0.1, 0.15) is 19.4 Å². The maximum atomic E-state index is 10.9. The third kappa shape index (κ3) is 4.66. The highest BCUT2D eigenvalue weighted by molar-refractivity contribution is 9.10. The van der Waals surface area contributed by atoms with Crippen LogP contribution in [0.25, 0.3) is 0 Å². The fourth-order valence-electron chi connectivity index (χ4n) is 1.34. The second kappa shape index (κ2) is 6.51. The van der Waals surface area contributed by atoms with Crippen LogP contribution in [0.5, 0.6) is 0 Å². The zero-order valence-corrected chi connectivity index (χ0v) is 11.5. The Hall–Kier alpha value is -1.20. The molecule has 0 aliphatic heterocycles. The van der Waals surface area contributed by atoms with Crippen molar-refractivity contribution in [2.45, 2.75) is 20.4 Å². The van der Waals surface area contributed by atoms with Crippen LogP contribution >= 0.6 is 15.9 Å². The summed E-state index contributed by atoms with van der Waals surface area (Å²) in [5.41, 5.74) is 2.06. The second-order valence-electron chi connectivity index (χ2n) is 3.94. The van der Waals surface area contributed by atoms with Crippen LogP contribution in [-0.4, -0.2) is 11.5 Å². The number of nitro benzene ring substituents is 1. The number of benzene rings is 1. The largest absolute Gasteiger partial charge is 0.309 e. The van der Waals surface area contributed by atoms with Gasteiger partial charge in [-0.3, -0.25) is 10.1 Å². The van der Waals surface area contributed by atoms with Crippen LogP contribution < -0.4 is 5.32 Å². The number of rotatable bonds is 5. The van der Waals surface area contributed by atoms with E-state index in [4.69, 9.17) is 0 Å². The topological polar surface area (TPSA) is 55.2 Å². The summed E-state index contributed by atoms with van der Waals surface area (Å²) in [7, 11) is 0. The minimum atomic E-state index is -0.358. The fraction of sp³-hybridized carbons (Fsp3) is 0.333. The SMILES string of the molecule is CC(C)=CCNCc1ccc(Br)cc1[N+](=O)[O-]. The molecule has 1 N–H and O–H groups in total. The fourth-order valence-corrected chi connectivity index (χ4v) is 1.69. The highest BCUT2D eigenvalue weighted by Crippen LogP contribution is 2.23. The summed E-state index contributed by atoms with van der Waals surface area (Å²) in [6, 6.07) is 5.10. The Bertz CT molecular complexity index is 440. The summed E-state index contributed by atoms with van der Waals surface area (Å²) in [6.07, 6.45) is 2.05. The minimum absolute atomic E-state index is 0.143. The molecule has 0 spiro atoms. The van der Waals surface area contributed by atoms with Crippen LogP contribution in [0.3, 0.4) is 0 Å². The van der Waals surface area contributed by atoms with Gasteiger partial charge in [0, 0.05) is 29.2 Å². The van der Waals surface area contributed by atoms with Gasteiger partial charge in [-0.25, -0.2) is 0 Å². The Kier molecular flexibility index (Phi) is 5.31. The molecular formula is C12H15BrN2O2. The molecule has 17 heavy (non-hydrogen) atoms. The average Bonchev–Trinajstić information content (AvgIpc) is 2.25. The van der Waals surface area contributed by atoms with Gasteiger partial charge in [-0.15, -0.1) is 0 Å². The lowest BCUT2D eigenvalue weighted by Crippen LogP contribution is -2.14. The van der Waals surface area contributed by atoms with E-state index in [2.05, 4.69) is 21.2 Å². The van der Waals surface area contributed by atoms with E-state index in [0.717, 1.165) is 11.0 Å². The number of hydrogen-bond donors (Lipinski definition) is 1. The van der Waals surface area contributed by atoms with E-state index in [1.54, 1.807) is 6.07 Å². The number of nitro groups is 1. The molecule has 0 fully saturated rings. The number of halogens is 1. The predicted molar refractivity (Wildman–Crippen MR) is 71.9 cm³/mol. The van der Waals surface area contributed by atoms with Crippen molar-refractivity contribution in [1.82, 2.24) is 5.32 Å². The number of hydrogen-bond acceptors (Lipinski definition) is 3. The lowest BCUT2D eigenvalue weighted by atomic mass is 10.2. The molecule has 0 aliphatic carbocycles. The Balaban J connectivity index is 2.70. The van der Waals surface area contributed by atoms with E-state index < -0.39 is 0 Å². The first-order valence-electron chi connectivity index (χ1n) is 5.27. The summed E-state index contributed by atoms with van der Waals surface area (Å²) in [5.74, 6) is 0. The molecule has 4 nitrogen and oxygen atoms in total. The molecule has 92 valence electrons. The standard InChI is InChI=1S/C12H15BrN2O2/c1-9(2)5-6-14-8-10-3-4-11(13)7-12(10)15(16)17/h3-5,7,14H,6,8H2,1-2H3. The third-order valence-electron chi connectivity index (χ3n) is 2.21. The molecule has 0 amide bonds. The zero-order valence-electron chi connectivity index (χ0n) is 9.87. The van der Waals surface area contributed by atoms with Gasteiger partial charge in [-0.2, -0.15) is 0 Å². The minimum Gasteiger partial charge on any atom is -0.309 e. The van der Waals surface area contributed by atoms with E-state index >= 15 is 0 Å². The smallest absolute Gasteiger partial charge is 0.275 e. The van der Waals surface area contributed by atoms with Crippen molar-refractivity contribution in [2.24, 2.45) is 0 Å². The van der Waals surface area contributed by atoms with Crippen molar-refractivity contribution >= 4 is 21.6 Å². The number of allylic oxidation sites excluding steroid dienone is 1. The van der Waals surface area contributed by atoms with Gasteiger partial charge < -0.3 is 5.32 Å². The van der Waals surface area contributed by atoms with Gasteiger partial charge in [0.05, 0.1) is 4.92 Å². The Morgan fingerprint density at radius 3 is 2.82 bits per heavy atom. The molecule has 0 atom stereocenters. The van der Waals surface area contributed by atoms with Gasteiger partial charge in [0.25, 0.3) is 5.69 Å². The van der Waals surface area contributed by atoms with Crippen LogP contribution in [0.2, 0.25) is 0 Å². The monoisotopic (exact) mass is 298 g/mol. The van der Waals surface area contributed by atoms with Crippen LogP contribution in [-0.2, 0) is 6.54 Å². The van der Waals surface area contributed by atoms with Gasteiger partial charge in [0.1, 0.15) is 0 Å². The van der Waals surface area contributed by atoms with E-state index in [1.807, 2.05) is 26.0 Å². The predicted octanol–water partition coefficient (Wildman–Crippen LogP) is 3.41. The molecule has 0 aromatic heterocycles. The van der Waals surface area contributed by atoms with Crippen molar-refractivity contribution in [3.8, 4) is 0 Å². The maximum absolute atomic E-state index is 10.9. The van der Waals surface area contributed by atoms with Crippen molar-refractivity contribution in [3.63, 3.8) is 0 Å². The van der Waals surface area contributed by atoms with Crippen molar-refractivity contribution in [1.29, 1.82) is 0 Å². The van der Waals surface area contributed by atoms with Gasteiger partial charge in [0.2, 0.25) is 0 Å². The first-order chi connectivity index (χ1) is 8.00. The van der Waals surface area contributed by atoms with E-state index in [0.29, 0.717) is 12.1 Å². The molecule has 1 rings (SSSR count). The molecule has 0 heterocycles. The zero-order chi connectivity index (χ0) is 12.8. The second-order valence-corrected chi connectivity index (χ2v) is 4.86. The molecule has 0 radical (unpaired) electrons. The summed E-state index contributed by atoms with van der Waals surface area (Å²) < 4.78 is 0.720. The van der Waals surface area contributed by atoms with E-state index in [1.165, 1.54) is 11.6 Å². The molecule has 0 unspecified atom stereocenters. The van der Waals surface area contributed by atoms with Gasteiger partial charge >= 0.3 is 0 Å². The van der Waals surface area contributed by atoms with Crippen LogP contribution in [0, 0.1) is 10.1 Å². The van der Waals surface area contributed by atoms with Crippen molar-refractivity contribution in [3.05, 3.63) is 50.0 Å². The lowest BCUT2D eigenvalue weighted by molar-refractivity contribution is -0.385. The molecule has 0 bridgehead atoms. The highest BCUT2D eigenvalue weighted by atomic mass is 79.9. The van der Waals surface area contributed by atoms with Gasteiger partial charge in [-0.05, 0) is 26.0 Å². The van der Waals surface area contributed by atoms with Crippen molar-refractivity contribution in [2.75, 3.05) is 6.54 Å². The average molecular weight is 299 g/mol. The molecule has 0 aliphatic rings. The molecule has 0 saturated heterocycles.